The number of hydrogen-bond acceptors (Lipinski definition) is 4. The molecule has 1 aliphatic heterocycles. The number of amides is 2. The van der Waals surface area contributed by atoms with Crippen LogP contribution in [0.25, 0.3) is 0 Å². The largest absolute Gasteiger partial charge is 0.348 e. The maximum atomic E-state index is 12.4. The van der Waals surface area contributed by atoms with Gasteiger partial charge in [-0.2, -0.15) is 0 Å². The summed E-state index contributed by atoms with van der Waals surface area (Å²) in [5, 5.41) is 5.82. The van der Waals surface area contributed by atoms with Gasteiger partial charge < -0.3 is 16.4 Å². The molecule has 1 heterocycles. The van der Waals surface area contributed by atoms with E-state index >= 15 is 0 Å². The third-order valence-electron chi connectivity index (χ3n) is 3.48. The summed E-state index contributed by atoms with van der Waals surface area (Å²) >= 11 is 1.63. The van der Waals surface area contributed by atoms with Crippen molar-refractivity contribution in [2.24, 2.45) is 11.7 Å². The summed E-state index contributed by atoms with van der Waals surface area (Å²) in [6.45, 7) is 4.62. The number of anilines is 1. The lowest BCUT2D eigenvalue weighted by Crippen LogP contribution is -2.41. The maximum absolute atomic E-state index is 12.4. The Morgan fingerprint density at radius 1 is 1.45 bits per heavy atom. The van der Waals surface area contributed by atoms with E-state index in [1.54, 1.807) is 23.9 Å². The molecule has 0 spiro atoms. The Morgan fingerprint density at radius 2 is 2.23 bits per heavy atom. The van der Waals surface area contributed by atoms with E-state index in [2.05, 4.69) is 24.5 Å². The minimum atomic E-state index is -0.151. The highest BCUT2D eigenvalue weighted by Crippen LogP contribution is 2.31. The van der Waals surface area contributed by atoms with Gasteiger partial charge in [-0.05, 0) is 30.5 Å². The fourth-order valence-corrected chi connectivity index (χ4v) is 3.35. The molecule has 0 radical (unpaired) electrons. The van der Waals surface area contributed by atoms with Gasteiger partial charge >= 0.3 is 0 Å². The van der Waals surface area contributed by atoms with E-state index in [-0.39, 0.29) is 17.9 Å². The van der Waals surface area contributed by atoms with Gasteiger partial charge in [-0.25, -0.2) is 0 Å². The first-order valence-electron chi connectivity index (χ1n) is 7.57. The molecule has 120 valence electrons. The number of fused-ring (bicyclic) bond motifs is 1. The molecule has 1 atom stereocenters. The van der Waals surface area contributed by atoms with Gasteiger partial charge in [0.25, 0.3) is 5.91 Å². The van der Waals surface area contributed by atoms with Crippen LogP contribution < -0.4 is 16.4 Å². The van der Waals surface area contributed by atoms with Crippen LogP contribution in [0.3, 0.4) is 0 Å². The Hall–Kier alpha value is -1.53. The zero-order valence-corrected chi connectivity index (χ0v) is 13.8. The van der Waals surface area contributed by atoms with Crippen LogP contribution >= 0.6 is 11.8 Å². The van der Waals surface area contributed by atoms with Crippen molar-refractivity contribution in [3.05, 3.63) is 23.8 Å². The molecule has 2 amide bonds. The second-order valence-electron chi connectivity index (χ2n) is 5.89. The van der Waals surface area contributed by atoms with Crippen LogP contribution in [0.2, 0.25) is 0 Å². The van der Waals surface area contributed by atoms with Crippen LogP contribution in [0, 0.1) is 5.92 Å². The average Bonchev–Trinajstić information content (AvgIpc) is 2.65. The highest BCUT2D eigenvalue weighted by molar-refractivity contribution is 7.99. The normalized spacial score (nSPS) is 15.7. The summed E-state index contributed by atoms with van der Waals surface area (Å²) in [5.41, 5.74) is 6.98. The first-order valence-corrected chi connectivity index (χ1v) is 8.55. The number of carbonyl (C=O) groups is 2. The molecule has 0 bridgehead atoms. The number of rotatable bonds is 5. The number of thioether (sulfide) groups is 1. The summed E-state index contributed by atoms with van der Waals surface area (Å²) in [6.07, 6.45) is 1.34. The van der Waals surface area contributed by atoms with Crippen molar-refractivity contribution in [1.82, 2.24) is 5.32 Å². The van der Waals surface area contributed by atoms with E-state index in [0.717, 1.165) is 17.1 Å². The molecule has 1 aromatic carbocycles. The van der Waals surface area contributed by atoms with Crippen molar-refractivity contribution in [2.75, 3.05) is 17.6 Å². The van der Waals surface area contributed by atoms with Gasteiger partial charge in [0, 0.05) is 35.2 Å². The molecule has 5 nitrogen and oxygen atoms in total. The quantitative estimate of drug-likeness (QED) is 0.776. The highest BCUT2D eigenvalue weighted by Gasteiger charge is 2.18. The van der Waals surface area contributed by atoms with E-state index in [1.807, 2.05) is 6.07 Å². The molecule has 0 aliphatic carbocycles. The van der Waals surface area contributed by atoms with Gasteiger partial charge in [0.15, 0.2) is 0 Å². The molecule has 1 aromatic rings. The smallest absolute Gasteiger partial charge is 0.251 e. The lowest BCUT2D eigenvalue weighted by molar-refractivity contribution is -0.115. The molecule has 0 aromatic heterocycles. The third kappa shape index (κ3) is 4.48. The number of hydrogen-bond donors (Lipinski definition) is 3. The second kappa shape index (κ2) is 7.65. The molecule has 0 saturated carbocycles. The van der Waals surface area contributed by atoms with Crippen molar-refractivity contribution in [3.63, 3.8) is 0 Å². The van der Waals surface area contributed by atoms with Crippen molar-refractivity contribution in [2.45, 2.75) is 37.6 Å². The Balaban J connectivity index is 2.12. The van der Waals surface area contributed by atoms with E-state index in [0.29, 0.717) is 30.1 Å². The first kappa shape index (κ1) is 16.8. The molecule has 1 aliphatic rings. The van der Waals surface area contributed by atoms with Gasteiger partial charge in [-0.3, -0.25) is 9.59 Å². The third-order valence-corrected chi connectivity index (χ3v) is 4.55. The van der Waals surface area contributed by atoms with Gasteiger partial charge in [-0.1, -0.05) is 13.8 Å². The van der Waals surface area contributed by atoms with Gasteiger partial charge in [0.2, 0.25) is 5.91 Å². The molecular weight excluding hydrogens is 298 g/mol. The van der Waals surface area contributed by atoms with Gasteiger partial charge in [0.1, 0.15) is 0 Å². The topological polar surface area (TPSA) is 84.2 Å². The average molecular weight is 321 g/mol. The summed E-state index contributed by atoms with van der Waals surface area (Å²) in [4.78, 5) is 25.0. The van der Waals surface area contributed by atoms with Gasteiger partial charge in [-0.15, -0.1) is 11.8 Å². The standard InChI is InChI=1S/C16H23N3O2S/c1-10(2)7-12(9-17)18-16(21)11-3-4-14-13(8-11)19-15(20)5-6-22-14/h3-4,8,10,12H,5-7,9,17H2,1-2H3,(H,18,21)(H,19,20). The molecule has 4 N–H and O–H groups in total. The van der Waals surface area contributed by atoms with Gasteiger partial charge in [0.05, 0.1) is 5.69 Å². The van der Waals surface area contributed by atoms with E-state index in [9.17, 15) is 9.59 Å². The van der Waals surface area contributed by atoms with Crippen LogP contribution in [0.1, 0.15) is 37.0 Å². The molecule has 0 fully saturated rings. The number of nitrogens with two attached hydrogens (primary N) is 1. The number of nitrogens with one attached hydrogen (secondary N) is 2. The maximum Gasteiger partial charge on any atom is 0.251 e. The minimum Gasteiger partial charge on any atom is -0.348 e. The number of carbonyl (C=O) groups excluding carboxylic acids is 2. The Morgan fingerprint density at radius 3 is 2.91 bits per heavy atom. The van der Waals surface area contributed by atoms with Crippen LogP contribution in [-0.2, 0) is 4.79 Å². The predicted molar refractivity (Wildman–Crippen MR) is 90.2 cm³/mol. The van der Waals surface area contributed by atoms with E-state index < -0.39 is 0 Å². The monoisotopic (exact) mass is 321 g/mol. The zero-order chi connectivity index (χ0) is 16.1. The lowest BCUT2D eigenvalue weighted by atomic mass is 10.0. The van der Waals surface area contributed by atoms with Crippen LogP contribution in [-0.4, -0.2) is 30.2 Å². The summed E-state index contributed by atoms with van der Waals surface area (Å²) in [5.74, 6) is 1.07. The molecular formula is C16H23N3O2S. The number of benzene rings is 1. The molecule has 6 heteroatoms. The van der Waals surface area contributed by atoms with Crippen molar-refractivity contribution >= 4 is 29.3 Å². The van der Waals surface area contributed by atoms with Crippen molar-refractivity contribution in [1.29, 1.82) is 0 Å². The Labute approximate surface area is 135 Å². The van der Waals surface area contributed by atoms with Crippen LogP contribution in [0.4, 0.5) is 5.69 Å². The summed E-state index contributed by atoms with van der Waals surface area (Å²) in [7, 11) is 0. The Kier molecular flexibility index (Phi) is 5.85. The van der Waals surface area contributed by atoms with Crippen molar-refractivity contribution < 1.29 is 9.59 Å². The minimum absolute atomic E-state index is 0.0107. The molecule has 2 rings (SSSR count). The molecule has 0 saturated heterocycles. The summed E-state index contributed by atoms with van der Waals surface area (Å²) < 4.78 is 0. The summed E-state index contributed by atoms with van der Waals surface area (Å²) in [6, 6.07) is 5.39. The SMILES string of the molecule is CC(C)CC(CN)NC(=O)c1ccc2c(c1)NC(=O)CCS2. The highest BCUT2D eigenvalue weighted by atomic mass is 32.2. The second-order valence-corrected chi connectivity index (χ2v) is 7.03. The zero-order valence-electron chi connectivity index (χ0n) is 13.0. The van der Waals surface area contributed by atoms with Crippen molar-refractivity contribution in [3.8, 4) is 0 Å². The van der Waals surface area contributed by atoms with E-state index in [4.69, 9.17) is 5.73 Å². The lowest BCUT2D eigenvalue weighted by Gasteiger charge is -2.19. The van der Waals surface area contributed by atoms with E-state index in [1.165, 1.54) is 0 Å². The van der Waals surface area contributed by atoms with Crippen LogP contribution in [0.5, 0.6) is 0 Å². The predicted octanol–water partition coefficient (Wildman–Crippen LogP) is 2.22. The fraction of sp³-hybridized carbons (Fsp3) is 0.500. The Bertz CT molecular complexity index is 560. The first-order chi connectivity index (χ1) is 10.5. The van der Waals surface area contributed by atoms with Crippen LogP contribution in [0.15, 0.2) is 23.1 Å². The molecule has 22 heavy (non-hydrogen) atoms. The fourth-order valence-electron chi connectivity index (χ4n) is 2.41. The molecule has 1 unspecified atom stereocenters.